The number of thioether (sulfide) groups is 2. The molecule has 2 nitrogen and oxygen atoms in total. The molecule has 4 heteroatoms. The molecule has 1 fully saturated rings. The first-order valence-electron chi connectivity index (χ1n) is 4.38. The average molecular weight is 225 g/mol. The van der Waals surface area contributed by atoms with E-state index in [1.165, 1.54) is 9.79 Å². The Balaban J connectivity index is 1.93. The number of rotatable bonds is 3. The molecule has 1 saturated heterocycles. The number of β-lactam (4-membered cyclic amide) rings is 1. The van der Waals surface area contributed by atoms with Gasteiger partial charge < -0.3 is 5.32 Å². The summed E-state index contributed by atoms with van der Waals surface area (Å²) in [4.78, 5) is 13.2. The van der Waals surface area contributed by atoms with Gasteiger partial charge in [0, 0.05) is 9.79 Å². The first-order valence-corrected chi connectivity index (χ1v) is 6.48. The van der Waals surface area contributed by atoms with Gasteiger partial charge in [0.15, 0.2) is 0 Å². The van der Waals surface area contributed by atoms with E-state index in [-0.39, 0.29) is 11.3 Å². The molecule has 0 radical (unpaired) electrons. The number of carbonyl (C=O) groups excluding carboxylic acids is 1. The molecule has 0 aliphatic carbocycles. The predicted molar refractivity (Wildman–Crippen MR) is 60.6 cm³/mol. The fraction of sp³-hybridized carbons (Fsp3) is 0.300. The molecule has 1 aromatic rings. The standard InChI is InChI=1S/C10H11NOS2/c1-13-7-2-4-8(5-3-7)14-10-6-9(12)11-10/h2-5,10H,6H2,1H3,(H,11,12). The van der Waals surface area contributed by atoms with E-state index in [1.807, 2.05) is 0 Å². The lowest BCUT2D eigenvalue weighted by Gasteiger charge is -2.25. The Labute approximate surface area is 91.8 Å². The molecule has 14 heavy (non-hydrogen) atoms. The monoisotopic (exact) mass is 225 g/mol. The largest absolute Gasteiger partial charge is 0.343 e. The smallest absolute Gasteiger partial charge is 0.223 e. The molecule has 0 aromatic heterocycles. The van der Waals surface area contributed by atoms with E-state index in [0.29, 0.717) is 6.42 Å². The van der Waals surface area contributed by atoms with Crippen LogP contribution in [0.25, 0.3) is 0 Å². The molecule has 1 atom stereocenters. The van der Waals surface area contributed by atoms with Gasteiger partial charge in [-0.2, -0.15) is 0 Å². The van der Waals surface area contributed by atoms with Crippen molar-refractivity contribution in [1.82, 2.24) is 5.32 Å². The Hall–Kier alpha value is -0.610. The second kappa shape index (κ2) is 4.28. The van der Waals surface area contributed by atoms with Crippen LogP contribution in [-0.2, 0) is 4.79 Å². The fourth-order valence-electron chi connectivity index (χ4n) is 1.22. The molecule has 74 valence electrons. The maximum atomic E-state index is 10.7. The first kappa shape index (κ1) is 9.93. The van der Waals surface area contributed by atoms with Crippen LogP contribution in [0.2, 0.25) is 0 Å². The molecule has 2 rings (SSSR count). The first-order chi connectivity index (χ1) is 6.78. The molecule has 0 bridgehead atoms. The van der Waals surface area contributed by atoms with Crippen LogP contribution in [0.5, 0.6) is 0 Å². The fourth-order valence-corrected chi connectivity index (χ4v) is 2.67. The highest BCUT2D eigenvalue weighted by Gasteiger charge is 2.25. The van der Waals surface area contributed by atoms with Gasteiger partial charge in [0.1, 0.15) is 0 Å². The Morgan fingerprint density at radius 2 is 1.86 bits per heavy atom. The van der Waals surface area contributed by atoms with Crippen LogP contribution in [0, 0.1) is 0 Å². The predicted octanol–water partition coefficient (Wildman–Crippen LogP) is 2.35. The molecule has 1 heterocycles. The topological polar surface area (TPSA) is 29.1 Å². The minimum Gasteiger partial charge on any atom is -0.343 e. The van der Waals surface area contributed by atoms with Crippen LogP contribution in [0.3, 0.4) is 0 Å². The molecule has 1 unspecified atom stereocenters. The van der Waals surface area contributed by atoms with Crippen LogP contribution in [-0.4, -0.2) is 17.5 Å². The van der Waals surface area contributed by atoms with Gasteiger partial charge in [-0.05, 0) is 30.5 Å². The number of nitrogens with one attached hydrogen (secondary N) is 1. The lowest BCUT2D eigenvalue weighted by atomic mass is 10.3. The van der Waals surface area contributed by atoms with Crippen molar-refractivity contribution >= 4 is 29.4 Å². The van der Waals surface area contributed by atoms with Crippen LogP contribution in [0.4, 0.5) is 0 Å². The zero-order valence-corrected chi connectivity index (χ0v) is 9.45. The second-order valence-corrected chi connectivity index (χ2v) is 5.21. The summed E-state index contributed by atoms with van der Waals surface area (Å²) in [5.74, 6) is 0.156. The second-order valence-electron chi connectivity index (χ2n) is 3.05. The summed E-state index contributed by atoms with van der Waals surface area (Å²) in [6.45, 7) is 0. The zero-order chi connectivity index (χ0) is 9.97. The summed E-state index contributed by atoms with van der Waals surface area (Å²) < 4.78 is 0. The van der Waals surface area contributed by atoms with E-state index in [0.717, 1.165) is 0 Å². The average Bonchev–Trinajstić information content (AvgIpc) is 2.17. The Kier molecular flexibility index (Phi) is 3.03. The van der Waals surface area contributed by atoms with E-state index < -0.39 is 0 Å². The maximum absolute atomic E-state index is 10.7. The van der Waals surface area contributed by atoms with Crippen molar-refractivity contribution in [1.29, 1.82) is 0 Å². The van der Waals surface area contributed by atoms with Gasteiger partial charge in [0.25, 0.3) is 0 Å². The number of benzene rings is 1. The minimum atomic E-state index is 0.156. The quantitative estimate of drug-likeness (QED) is 0.632. The number of amides is 1. The number of hydrogen-bond donors (Lipinski definition) is 1. The van der Waals surface area contributed by atoms with Gasteiger partial charge in [-0.25, -0.2) is 0 Å². The molecule has 1 aliphatic rings. The van der Waals surface area contributed by atoms with Crippen LogP contribution < -0.4 is 5.32 Å². The van der Waals surface area contributed by atoms with Crippen molar-refractivity contribution < 1.29 is 4.79 Å². The Morgan fingerprint density at radius 1 is 1.29 bits per heavy atom. The normalized spacial score (nSPS) is 20.1. The van der Waals surface area contributed by atoms with Gasteiger partial charge in [0.05, 0.1) is 11.8 Å². The van der Waals surface area contributed by atoms with Crippen LogP contribution >= 0.6 is 23.5 Å². The lowest BCUT2D eigenvalue weighted by molar-refractivity contribution is -0.126. The molecule has 1 aliphatic heterocycles. The SMILES string of the molecule is CSc1ccc(SC2CC(=O)N2)cc1. The van der Waals surface area contributed by atoms with Gasteiger partial charge in [-0.15, -0.1) is 23.5 Å². The van der Waals surface area contributed by atoms with Crippen molar-refractivity contribution in [2.24, 2.45) is 0 Å². The van der Waals surface area contributed by atoms with Gasteiger partial charge in [0.2, 0.25) is 5.91 Å². The van der Waals surface area contributed by atoms with Crippen molar-refractivity contribution in [3.8, 4) is 0 Å². The molecule has 0 spiro atoms. The lowest BCUT2D eigenvalue weighted by Crippen LogP contribution is -2.46. The van der Waals surface area contributed by atoms with E-state index in [4.69, 9.17) is 0 Å². The number of carbonyl (C=O) groups is 1. The minimum absolute atomic E-state index is 0.156. The Morgan fingerprint density at radius 3 is 2.36 bits per heavy atom. The Bertz CT molecular complexity index is 328. The summed E-state index contributed by atoms with van der Waals surface area (Å²) in [5, 5.41) is 3.12. The summed E-state index contributed by atoms with van der Waals surface area (Å²) in [7, 11) is 0. The summed E-state index contributed by atoms with van der Waals surface area (Å²) in [5.41, 5.74) is 0. The molecule has 1 aromatic carbocycles. The van der Waals surface area contributed by atoms with Crippen LogP contribution in [0.1, 0.15) is 6.42 Å². The van der Waals surface area contributed by atoms with Gasteiger partial charge in [-0.3, -0.25) is 4.79 Å². The third kappa shape index (κ3) is 2.25. The van der Waals surface area contributed by atoms with Gasteiger partial charge >= 0.3 is 0 Å². The molecule has 1 amide bonds. The van der Waals surface area contributed by atoms with Gasteiger partial charge in [-0.1, -0.05) is 0 Å². The van der Waals surface area contributed by atoms with E-state index >= 15 is 0 Å². The molecule has 1 N–H and O–H groups in total. The third-order valence-electron chi connectivity index (χ3n) is 2.03. The highest BCUT2D eigenvalue weighted by atomic mass is 32.2. The summed E-state index contributed by atoms with van der Waals surface area (Å²) in [6, 6.07) is 8.41. The third-order valence-corrected chi connectivity index (χ3v) is 3.89. The molecule has 0 saturated carbocycles. The van der Waals surface area contributed by atoms with Crippen molar-refractivity contribution in [3.05, 3.63) is 24.3 Å². The highest BCUT2D eigenvalue weighted by Crippen LogP contribution is 2.29. The van der Waals surface area contributed by atoms with E-state index in [2.05, 4.69) is 35.8 Å². The van der Waals surface area contributed by atoms with Crippen molar-refractivity contribution in [2.75, 3.05) is 6.26 Å². The summed E-state index contributed by atoms with van der Waals surface area (Å²) >= 11 is 3.45. The van der Waals surface area contributed by atoms with Crippen molar-refractivity contribution in [2.45, 2.75) is 21.6 Å². The van der Waals surface area contributed by atoms with Crippen LogP contribution in [0.15, 0.2) is 34.1 Å². The maximum Gasteiger partial charge on any atom is 0.223 e. The molecular weight excluding hydrogens is 214 g/mol. The molecular formula is C10H11NOS2. The van der Waals surface area contributed by atoms with E-state index in [1.54, 1.807) is 23.5 Å². The van der Waals surface area contributed by atoms with E-state index in [9.17, 15) is 4.79 Å². The number of hydrogen-bond acceptors (Lipinski definition) is 3. The zero-order valence-electron chi connectivity index (χ0n) is 7.82. The highest BCUT2D eigenvalue weighted by molar-refractivity contribution is 8.00. The van der Waals surface area contributed by atoms with Crippen molar-refractivity contribution in [3.63, 3.8) is 0 Å². The summed E-state index contributed by atoms with van der Waals surface area (Å²) in [6.07, 6.45) is 2.71.